The molecule has 0 saturated heterocycles. The minimum absolute atomic E-state index is 0.145. The molecule has 2 unspecified atom stereocenters. The van der Waals surface area contributed by atoms with E-state index >= 15 is 0 Å². The molecule has 0 spiro atoms. The van der Waals surface area contributed by atoms with Crippen LogP contribution in [0.5, 0.6) is 0 Å². The van der Waals surface area contributed by atoms with E-state index in [0.29, 0.717) is 0 Å². The Hall–Kier alpha value is -0.900. The lowest BCUT2D eigenvalue weighted by atomic mass is 10.0. The number of hydrogen-bond acceptors (Lipinski definition) is 2. The van der Waals surface area contributed by atoms with Crippen molar-refractivity contribution in [3.8, 4) is 0 Å². The molecule has 2 rings (SSSR count). The van der Waals surface area contributed by atoms with Crippen LogP contribution in [0.25, 0.3) is 0 Å². The largest absolute Gasteiger partial charge is 0.303 e. The van der Waals surface area contributed by atoms with Crippen LogP contribution in [0.1, 0.15) is 42.8 Å². The second kappa shape index (κ2) is 6.51. The van der Waals surface area contributed by atoms with Crippen molar-refractivity contribution >= 4 is 22.9 Å². The molecule has 102 valence electrons. The number of benzene rings is 1. The van der Waals surface area contributed by atoms with Gasteiger partial charge in [0.15, 0.2) is 0 Å². The summed E-state index contributed by atoms with van der Waals surface area (Å²) >= 11 is 7.53. The molecule has 4 heteroatoms. The topological polar surface area (TPSA) is 12.0 Å². The second-order valence-corrected chi connectivity index (χ2v) is 6.29. The Morgan fingerprint density at radius 2 is 2.11 bits per heavy atom. The van der Waals surface area contributed by atoms with E-state index in [-0.39, 0.29) is 17.9 Å². The van der Waals surface area contributed by atoms with E-state index in [2.05, 4.69) is 19.2 Å². The predicted octanol–water partition coefficient (Wildman–Crippen LogP) is 5.34. The van der Waals surface area contributed by atoms with E-state index in [4.69, 9.17) is 11.6 Å². The monoisotopic (exact) mass is 297 g/mol. The van der Waals surface area contributed by atoms with Crippen molar-refractivity contribution in [2.24, 2.45) is 0 Å². The molecule has 0 radical (unpaired) electrons. The highest BCUT2D eigenvalue weighted by Gasteiger charge is 2.15. The summed E-state index contributed by atoms with van der Waals surface area (Å²) in [5.74, 6) is -0.190. The Bertz CT molecular complexity index is 540. The lowest BCUT2D eigenvalue weighted by Crippen LogP contribution is -2.23. The summed E-state index contributed by atoms with van der Waals surface area (Å²) in [5, 5.41) is 3.52. The van der Waals surface area contributed by atoms with Crippen molar-refractivity contribution in [2.45, 2.75) is 32.4 Å². The average molecular weight is 298 g/mol. The van der Waals surface area contributed by atoms with Gasteiger partial charge in [0.05, 0.1) is 4.34 Å². The summed E-state index contributed by atoms with van der Waals surface area (Å²) in [5.41, 5.74) is 0.983. The number of rotatable bonds is 5. The van der Waals surface area contributed by atoms with Crippen LogP contribution in [0, 0.1) is 5.82 Å². The number of halogens is 2. The summed E-state index contributed by atoms with van der Waals surface area (Å²) in [7, 11) is 0. The van der Waals surface area contributed by atoms with E-state index in [1.807, 2.05) is 18.2 Å². The third-order valence-corrected chi connectivity index (χ3v) is 4.55. The Kier molecular flexibility index (Phi) is 4.97. The maximum atomic E-state index is 13.3. The fraction of sp³-hybridized carbons (Fsp3) is 0.333. The number of hydrogen-bond donors (Lipinski definition) is 1. The molecular weight excluding hydrogens is 281 g/mol. The van der Waals surface area contributed by atoms with Gasteiger partial charge >= 0.3 is 0 Å². The van der Waals surface area contributed by atoms with E-state index in [1.54, 1.807) is 23.5 Å². The van der Waals surface area contributed by atoms with Gasteiger partial charge in [-0.2, -0.15) is 0 Å². The highest BCUT2D eigenvalue weighted by atomic mass is 35.5. The molecule has 2 atom stereocenters. The highest BCUT2D eigenvalue weighted by molar-refractivity contribution is 7.16. The summed E-state index contributed by atoms with van der Waals surface area (Å²) in [6.45, 7) is 4.20. The molecule has 0 aliphatic rings. The minimum Gasteiger partial charge on any atom is -0.303 e. The van der Waals surface area contributed by atoms with Crippen LogP contribution in [0.4, 0.5) is 4.39 Å². The smallest absolute Gasteiger partial charge is 0.123 e. The first kappa shape index (κ1) is 14.5. The molecule has 1 N–H and O–H groups in total. The molecule has 0 aliphatic carbocycles. The highest BCUT2D eigenvalue weighted by Crippen LogP contribution is 2.29. The molecule has 1 heterocycles. The summed E-state index contributed by atoms with van der Waals surface area (Å²) in [6, 6.07) is 11.1. The van der Waals surface area contributed by atoms with E-state index in [0.717, 1.165) is 16.3 Å². The third kappa shape index (κ3) is 3.78. The zero-order valence-electron chi connectivity index (χ0n) is 11.0. The minimum atomic E-state index is -0.190. The third-order valence-electron chi connectivity index (χ3n) is 3.13. The predicted molar refractivity (Wildman–Crippen MR) is 80.3 cm³/mol. The van der Waals surface area contributed by atoms with Crippen LogP contribution >= 0.6 is 22.9 Å². The average Bonchev–Trinajstić information content (AvgIpc) is 2.82. The van der Waals surface area contributed by atoms with Gasteiger partial charge in [-0.25, -0.2) is 4.39 Å². The van der Waals surface area contributed by atoms with Crippen molar-refractivity contribution in [1.29, 1.82) is 0 Å². The van der Waals surface area contributed by atoms with Crippen LogP contribution < -0.4 is 5.32 Å². The van der Waals surface area contributed by atoms with Crippen molar-refractivity contribution in [2.75, 3.05) is 0 Å². The van der Waals surface area contributed by atoms with Gasteiger partial charge in [-0.05, 0) is 43.2 Å². The van der Waals surface area contributed by atoms with Crippen molar-refractivity contribution in [1.82, 2.24) is 5.32 Å². The lowest BCUT2D eigenvalue weighted by molar-refractivity contribution is 0.458. The lowest BCUT2D eigenvalue weighted by Gasteiger charge is -2.22. The first-order valence-corrected chi connectivity index (χ1v) is 7.56. The van der Waals surface area contributed by atoms with Crippen LogP contribution in [-0.4, -0.2) is 0 Å². The van der Waals surface area contributed by atoms with Gasteiger partial charge in [-0.1, -0.05) is 30.7 Å². The van der Waals surface area contributed by atoms with Gasteiger partial charge < -0.3 is 5.32 Å². The van der Waals surface area contributed by atoms with Crippen LogP contribution in [0.15, 0.2) is 36.4 Å². The Labute approximate surface area is 122 Å². The van der Waals surface area contributed by atoms with Crippen molar-refractivity contribution < 1.29 is 4.39 Å². The zero-order chi connectivity index (χ0) is 13.8. The molecule has 0 amide bonds. The van der Waals surface area contributed by atoms with Crippen molar-refractivity contribution in [3.63, 3.8) is 0 Å². The van der Waals surface area contributed by atoms with Crippen LogP contribution in [0.3, 0.4) is 0 Å². The first-order valence-electron chi connectivity index (χ1n) is 6.37. The SMILES string of the molecule is CCC(NC(C)c1ccc(Cl)s1)c1cccc(F)c1. The Balaban J connectivity index is 2.11. The van der Waals surface area contributed by atoms with E-state index in [9.17, 15) is 4.39 Å². The van der Waals surface area contributed by atoms with Gasteiger partial charge in [0, 0.05) is 17.0 Å². The first-order chi connectivity index (χ1) is 9.10. The van der Waals surface area contributed by atoms with E-state index < -0.39 is 0 Å². The number of nitrogens with one attached hydrogen (secondary N) is 1. The summed E-state index contributed by atoms with van der Waals surface area (Å²) in [4.78, 5) is 1.19. The molecule has 19 heavy (non-hydrogen) atoms. The standard InChI is InChI=1S/C15H17ClFNS/c1-3-13(11-5-4-6-12(17)9-11)18-10(2)14-7-8-15(16)19-14/h4-10,13,18H,3H2,1-2H3. The van der Waals surface area contributed by atoms with E-state index in [1.165, 1.54) is 10.9 Å². The molecule has 0 saturated carbocycles. The van der Waals surface area contributed by atoms with Crippen molar-refractivity contribution in [3.05, 3.63) is 57.0 Å². The fourth-order valence-corrected chi connectivity index (χ4v) is 3.19. The second-order valence-electron chi connectivity index (χ2n) is 4.55. The van der Waals surface area contributed by atoms with Gasteiger partial charge in [0.2, 0.25) is 0 Å². The molecule has 0 aliphatic heterocycles. The summed E-state index contributed by atoms with van der Waals surface area (Å²) < 4.78 is 14.1. The molecular formula is C15H17ClFNS. The zero-order valence-corrected chi connectivity index (χ0v) is 12.6. The van der Waals surface area contributed by atoms with Crippen LogP contribution in [-0.2, 0) is 0 Å². The molecule has 0 bridgehead atoms. The molecule has 2 aromatic rings. The Morgan fingerprint density at radius 1 is 1.32 bits per heavy atom. The maximum Gasteiger partial charge on any atom is 0.123 e. The molecule has 1 aromatic carbocycles. The summed E-state index contributed by atoms with van der Waals surface area (Å²) in [6.07, 6.45) is 0.910. The number of thiophene rings is 1. The molecule has 1 nitrogen and oxygen atoms in total. The normalized spacial score (nSPS) is 14.3. The quantitative estimate of drug-likeness (QED) is 0.785. The molecule has 0 fully saturated rings. The van der Waals surface area contributed by atoms with Gasteiger partial charge in [-0.3, -0.25) is 0 Å². The Morgan fingerprint density at radius 3 is 2.68 bits per heavy atom. The maximum absolute atomic E-state index is 13.3. The van der Waals surface area contributed by atoms with Gasteiger partial charge in [0.1, 0.15) is 5.82 Å². The molecule has 1 aromatic heterocycles. The fourth-order valence-electron chi connectivity index (χ4n) is 2.12. The van der Waals surface area contributed by atoms with Crippen LogP contribution in [0.2, 0.25) is 4.34 Å². The van der Waals surface area contributed by atoms with Gasteiger partial charge in [0.25, 0.3) is 0 Å². The van der Waals surface area contributed by atoms with Gasteiger partial charge in [-0.15, -0.1) is 11.3 Å².